The van der Waals surface area contributed by atoms with Crippen molar-refractivity contribution in [1.29, 1.82) is 0 Å². The fourth-order valence-corrected chi connectivity index (χ4v) is 2.00. The molecule has 1 aliphatic carbocycles. The van der Waals surface area contributed by atoms with Crippen molar-refractivity contribution in [3.8, 4) is 0 Å². The molecule has 0 fully saturated rings. The summed E-state index contributed by atoms with van der Waals surface area (Å²) in [5, 5.41) is 28.5. The molecule has 0 spiro atoms. The molecule has 1 unspecified atom stereocenters. The van der Waals surface area contributed by atoms with Crippen LogP contribution in [0.5, 0.6) is 0 Å². The van der Waals surface area contributed by atoms with Gasteiger partial charge in [0.1, 0.15) is 0 Å². The zero-order chi connectivity index (χ0) is 22.0. The molecular weight excluding hydrogens is 384 g/mol. The van der Waals surface area contributed by atoms with Gasteiger partial charge in [-0.2, -0.15) is 0 Å². The van der Waals surface area contributed by atoms with Crippen molar-refractivity contribution < 1.29 is 50.1 Å². The summed E-state index contributed by atoms with van der Waals surface area (Å²) in [4.78, 5) is 28.5. The van der Waals surface area contributed by atoms with Gasteiger partial charge in [0, 0.05) is 17.9 Å². The summed E-state index contributed by atoms with van der Waals surface area (Å²) >= 11 is 2.25. The Bertz CT molecular complexity index is 469. The van der Waals surface area contributed by atoms with Crippen LogP contribution in [0.1, 0.15) is 80.1 Å². The number of carboxylic acid groups (broad SMARTS) is 3. The molecule has 6 nitrogen and oxygen atoms in total. The first-order valence-corrected chi connectivity index (χ1v) is 9.85. The second-order valence-electron chi connectivity index (χ2n) is 6.21. The summed E-state index contributed by atoms with van der Waals surface area (Å²) < 4.78 is 0.323. The van der Waals surface area contributed by atoms with E-state index in [-0.39, 0.29) is 19.3 Å². The topological polar surface area (TPSA) is 120 Å². The number of carbonyl (C=O) groups is 3. The van der Waals surface area contributed by atoms with Gasteiger partial charge < -0.3 is 29.7 Å². The molecular formula is C20H32O6Ti. The first-order valence-electron chi connectivity index (χ1n) is 9.07. The van der Waals surface area contributed by atoms with Gasteiger partial charge in [0.05, 0.1) is 0 Å². The molecule has 7 heteroatoms. The minimum Gasteiger partial charge on any atom is -0.550 e. The molecule has 0 saturated carbocycles. The normalized spacial score (nSPS) is 16.9. The summed E-state index contributed by atoms with van der Waals surface area (Å²) in [6.07, 6.45) is 7.01. The summed E-state index contributed by atoms with van der Waals surface area (Å²) in [5.74, 6) is -2.88. The first kappa shape index (κ1) is 30.3. The monoisotopic (exact) mass is 416 g/mol. The second-order valence-corrected chi connectivity index (χ2v) is 7.83. The summed E-state index contributed by atoms with van der Waals surface area (Å²) in [5.41, 5.74) is 2.93. The number of rotatable bonds is 6. The van der Waals surface area contributed by atoms with E-state index in [0.29, 0.717) is 23.0 Å². The second kappa shape index (κ2) is 18.0. The number of allylic oxidation sites excluding steroid dienone is 4. The van der Waals surface area contributed by atoms with Gasteiger partial charge in [-0.05, 0) is 19.3 Å². The van der Waals surface area contributed by atoms with Gasteiger partial charge in [-0.25, -0.2) is 0 Å². The molecule has 0 N–H and O–H groups in total. The van der Waals surface area contributed by atoms with E-state index in [0.717, 1.165) is 0 Å². The van der Waals surface area contributed by atoms with Crippen LogP contribution in [-0.2, 0) is 34.8 Å². The van der Waals surface area contributed by atoms with E-state index in [9.17, 15) is 29.7 Å². The average Bonchev–Trinajstić information content (AvgIpc) is 2.75. The van der Waals surface area contributed by atoms with Crippen LogP contribution in [0, 0.1) is 0 Å². The molecule has 1 aliphatic rings. The van der Waals surface area contributed by atoms with Crippen LogP contribution in [0.25, 0.3) is 0 Å². The van der Waals surface area contributed by atoms with Crippen molar-refractivity contribution in [3.63, 3.8) is 0 Å². The molecule has 0 aromatic rings. The third-order valence-corrected chi connectivity index (χ3v) is 4.25. The SMILES string of the molecule is CC1=C(C)[C](C)([Ti+3])C=C1.CCCC(=O)[O-].CCCC(=O)[O-].CCCC(=O)[O-]. The van der Waals surface area contributed by atoms with Crippen LogP contribution in [0.15, 0.2) is 23.3 Å². The van der Waals surface area contributed by atoms with Gasteiger partial charge >= 0.3 is 68.2 Å². The molecule has 1 atom stereocenters. The Kier molecular flexibility index (Phi) is 20.2. The minimum atomic E-state index is -0.961. The third kappa shape index (κ3) is 22.6. The van der Waals surface area contributed by atoms with E-state index >= 15 is 0 Å². The van der Waals surface area contributed by atoms with E-state index in [4.69, 9.17) is 0 Å². The predicted molar refractivity (Wildman–Crippen MR) is 95.6 cm³/mol. The fourth-order valence-electron chi connectivity index (χ4n) is 1.56. The van der Waals surface area contributed by atoms with Crippen molar-refractivity contribution in [3.05, 3.63) is 23.3 Å². The Balaban J connectivity index is -0.000000291. The third-order valence-electron chi connectivity index (χ3n) is 3.40. The maximum absolute atomic E-state index is 9.49. The van der Waals surface area contributed by atoms with Crippen molar-refractivity contribution in [1.82, 2.24) is 0 Å². The number of carbonyl (C=O) groups excluding carboxylic acids is 3. The summed E-state index contributed by atoms with van der Waals surface area (Å²) in [6, 6.07) is 0. The molecule has 0 bridgehead atoms. The first-order chi connectivity index (χ1) is 12.3. The summed E-state index contributed by atoms with van der Waals surface area (Å²) in [6.45, 7) is 12.0. The Morgan fingerprint density at radius 3 is 1.19 bits per heavy atom. The number of hydrogen-bond acceptors (Lipinski definition) is 6. The van der Waals surface area contributed by atoms with Crippen LogP contribution in [0.4, 0.5) is 0 Å². The molecule has 152 valence electrons. The molecule has 0 saturated heterocycles. The molecule has 1 rings (SSSR count). The van der Waals surface area contributed by atoms with E-state index in [2.05, 4.69) is 53.4 Å². The van der Waals surface area contributed by atoms with Crippen molar-refractivity contribution >= 4 is 17.9 Å². The Morgan fingerprint density at radius 1 is 0.852 bits per heavy atom. The molecule has 0 heterocycles. The van der Waals surface area contributed by atoms with Crippen molar-refractivity contribution in [2.75, 3.05) is 0 Å². The molecule has 0 aliphatic heterocycles. The predicted octanol–water partition coefficient (Wildman–Crippen LogP) is 1.23. The van der Waals surface area contributed by atoms with Gasteiger partial charge in [0.25, 0.3) is 0 Å². The zero-order valence-corrected chi connectivity index (χ0v) is 18.9. The molecule has 0 radical (unpaired) electrons. The molecule has 0 aromatic heterocycles. The maximum Gasteiger partial charge on any atom is 0.0414 e. The van der Waals surface area contributed by atoms with Crippen molar-refractivity contribution in [2.24, 2.45) is 0 Å². The molecule has 0 aromatic carbocycles. The van der Waals surface area contributed by atoms with Gasteiger partial charge in [-0.1, -0.05) is 40.0 Å². The van der Waals surface area contributed by atoms with Crippen LogP contribution in [0.3, 0.4) is 0 Å². The Labute approximate surface area is 175 Å². The van der Waals surface area contributed by atoms with E-state index < -0.39 is 17.9 Å². The quantitative estimate of drug-likeness (QED) is 0.601. The zero-order valence-electron chi connectivity index (χ0n) is 17.3. The Morgan fingerprint density at radius 2 is 1.15 bits per heavy atom. The van der Waals surface area contributed by atoms with Gasteiger partial charge in [-0.3, -0.25) is 0 Å². The van der Waals surface area contributed by atoms with Gasteiger partial charge in [-0.15, -0.1) is 0 Å². The van der Waals surface area contributed by atoms with E-state index in [1.807, 2.05) is 0 Å². The Hall–Kier alpha value is -1.40. The largest absolute Gasteiger partial charge is 0.550 e. The molecule has 27 heavy (non-hydrogen) atoms. The van der Waals surface area contributed by atoms with Crippen LogP contribution in [-0.4, -0.2) is 17.9 Å². The summed E-state index contributed by atoms with van der Waals surface area (Å²) in [7, 11) is 0. The standard InChI is InChI=1S/C8H11.3C4H8O2.Ti/c1-6-4-5-7(2)8(6)3;3*1-2-3-4(5)6;/h4-5H,1-3H3;3*2-3H2,1H3,(H,5,6);/q;;;;+3/p-3. The van der Waals surface area contributed by atoms with E-state index in [1.54, 1.807) is 20.8 Å². The number of hydrogen-bond donors (Lipinski definition) is 0. The minimum absolute atomic E-state index is 0.181. The fraction of sp³-hybridized carbons (Fsp3) is 0.650. The number of carboxylic acids is 3. The van der Waals surface area contributed by atoms with Gasteiger partial charge in [0.15, 0.2) is 0 Å². The van der Waals surface area contributed by atoms with Crippen molar-refractivity contribution in [2.45, 2.75) is 83.8 Å². The van der Waals surface area contributed by atoms with Crippen LogP contribution >= 0.6 is 0 Å². The van der Waals surface area contributed by atoms with Crippen LogP contribution in [0.2, 0.25) is 3.72 Å². The molecule has 0 amide bonds. The van der Waals surface area contributed by atoms with E-state index in [1.165, 1.54) is 11.1 Å². The maximum atomic E-state index is 9.49. The average molecular weight is 416 g/mol. The van der Waals surface area contributed by atoms with Gasteiger partial charge in [0.2, 0.25) is 0 Å². The smallest absolute Gasteiger partial charge is 0.0414 e. The number of aliphatic carboxylic acids is 3. The van der Waals surface area contributed by atoms with Crippen LogP contribution < -0.4 is 15.3 Å².